The van der Waals surface area contributed by atoms with Crippen LogP contribution in [0.3, 0.4) is 0 Å². The van der Waals surface area contributed by atoms with Gasteiger partial charge in [-0.2, -0.15) is 5.10 Å². The van der Waals surface area contributed by atoms with Crippen molar-refractivity contribution >= 4 is 17.7 Å². The highest BCUT2D eigenvalue weighted by Crippen LogP contribution is 2.21. The van der Waals surface area contributed by atoms with E-state index in [9.17, 15) is 9.59 Å². The Hall–Kier alpha value is -2.63. The molecule has 1 unspecified atom stereocenters. The van der Waals surface area contributed by atoms with Gasteiger partial charge in [-0.3, -0.25) is 9.48 Å². The lowest BCUT2D eigenvalue weighted by Gasteiger charge is -2.23. The summed E-state index contributed by atoms with van der Waals surface area (Å²) in [6, 6.07) is 8.92. The lowest BCUT2D eigenvalue weighted by molar-refractivity contribution is -0.125. The molecule has 1 N–H and O–H groups in total. The number of rotatable bonds is 2. The average molecular weight is 285 g/mol. The van der Waals surface area contributed by atoms with E-state index in [0.717, 1.165) is 11.3 Å². The number of hydrogen-bond donors (Lipinski definition) is 1. The molecule has 0 fully saturated rings. The molecular formula is C15H15N3O3. The van der Waals surface area contributed by atoms with Gasteiger partial charge in [-0.15, -0.1) is 0 Å². The van der Waals surface area contributed by atoms with Crippen molar-refractivity contribution < 1.29 is 14.3 Å². The van der Waals surface area contributed by atoms with Crippen LogP contribution < -0.4 is 5.32 Å². The van der Waals surface area contributed by atoms with Crippen LogP contribution in [0.1, 0.15) is 21.6 Å². The summed E-state index contributed by atoms with van der Waals surface area (Å²) in [5.74, 6) is -0.230. The molecule has 0 spiro atoms. The van der Waals surface area contributed by atoms with Gasteiger partial charge in [-0.25, -0.2) is 4.79 Å². The van der Waals surface area contributed by atoms with E-state index in [1.807, 2.05) is 19.1 Å². The summed E-state index contributed by atoms with van der Waals surface area (Å²) in [6.07, 6.45) is -0.437. The number of benzene rings is 1. The van der Waals surface area contributed by atoms with Crippen LogP contribution in [0.5, 0.6) is 0 Å². The molecule has 108 valence electrons. The van der Waals surface area contributed by atoms with Gasteiger partial charge in [0, 0.05) is 19.5 Å². The minimum Gasteiger partial charge on any atom is -0.448 e. The molecule has 0 saturated heterocycles. The van der Waals surface area contributed by atoms with Crippen LogP contribution in [-0.4, -0.2) is 27.8 Å². The second kappa shape index (κ2) is 5.05. The summed E-state index contributed by atoms with van der Waals surface area (Å²) < 4.78 is 6.79. The zero-order valence-corrected chi connectivity index (χ0v) is 11.8. The molecule has 1 amide bonds. The highest BCUT2D eigenvalue weighted by molar-refractivity contribution is 5.99. The summed E-state index contributed by atoms with van der Waals surface area (Å²) in [5.41, 5.74) is 2.16. The number of fused-ring (bicyclic) bond motifs is 1. The van der Waals surface area contributed by atoms with E-state index < -0.39 is 12.1 Å². The SMILES string of the molecule is Cc1cc(NC(=O)C2Cc3ccccc3C(=O)O2)n(C)n1. The van der Waals surface area contributed by atoms with Crippen LogP contribution in [0.25, 0.3) is 0 Å². The first kappa shape index (κ1) is 13.4. The molecule has 0 bridgehead atoms. The molecule has 1 aliphatic heterocycles. The summed E-state index contributed by atoms with van der Waals surface area (Å²) in [7, 11) is 1.74. The topological polar surface area (TPSA) is 73.2 Å². The summed E-state index contributed by atoms with van der Waals surface area (Å²) in [5, 5.41) is 6.89. The van der Waals surface area contributed by atoms with E-state index in [2.05, 4.69) is 10.4 Å². The fraction of sp³-hybridized carbons (Fsp3) is 0.267. The molecule has 0 saturated carbocycles. The fourth-order valence-corrected chi connectivity index (χ4v) is 2.41. The molecule has 1 atom stereocenters. The predicted molar refractivity (Wildman–Crippen MR) is 75.9 cm³/mol. The number of carbonyl (C=O) groups excluding carboxylic acids is 2. The summed E-state index contributed by atoms with van der Waals surface area (Å²) in [4.78, 5) is 24.2. The summed E-state index contributed by atoms with van der Waals surface area (Å²) >= 11 is 0. The van der Waals surface area contributed by atoms with Crippen LogP contribution in [0.2, 0.25) is 0 Å². The number of carbonyl (C=O) groups is 2. The zero-order chi connectivity index (χ0) is 15.0. The number of hydrogen-bond acceptors (Lipinski definition) is 4. The average Bonchev–Trinajstić information content (AvgIpc) is 2.77. The van der Waals surface area contributed by atoms with Gasteiger partial charge in [-0.1, -0.05) is 18.2 Å². The third-order valence-corrected chi connectivity index (χ3v) is 3.44. The number of anilines is 1. The minimum absolute atomic E-state index is 0.346. The Morgan fingerprint density at radius 1 is 1.43 bits per heavy atom. The lowest BCUT2D eigenvalue weighted by atomic mass is 9.98. The molecular weight excluding hydrogens is 270 g/mol. The number of nitrogens with one attached hydrogen (secondary N) is 1. The van der Waals surface area contributed by atoms with Gasteiger partial charge in [0.1, 0.15) is 5.82 Å². The van der Waals surface area contributed by atoms with Crippen LogP contribution in [0.15, 0.2) is 30.3 Å². The van der Waals surface area contributed by atoms with Crippen molar-refractivity contribution in [3.05, 3.63) is 47.2 Å². The fourth-order valence-electron chi connectivity index (χ4n) is 2.41. The normalized spacial score (nSPS) is 17.0. The van der Waals surface area contributed by atoms with E-state index in [1.165, 1.54) is 0 Å². The van der Waals surface area contributed by atoms with Gasteiger partial charge in [0.15, 0.2) is 6.10 Å². The number of aryl methyl sites for hydroxylation is 2. The molecule has 1 aliphatic rings. The zero-order valence-electron chi connectivity index (χ0n) is 11.8. The molecule has 0 aliphatic carbocycles. The third-order valence-electron chi connectivity index (χ3n) is 3.44. The van der Waals surface area contributed by atoms with Crippen molar-refractivity contribution in [2.45, 2.75) is 19.4 Å². The van der Waals surface area contributed by atoms with Crippen LogP contribution in [0, 0.1) is 6.92 Å². The predicted octanol–water partition coefficient (Wildman–Crippen LogP) is 1.45. The number of ether oxygens (including phenoxy) is 1. The maximum Gasteiger partial charge on any atom is 0.339 e. The highest BCUT2D eigenvalue weighted by atomic mass is 16.5. The van der Waals surface area contributed by atoms with Crippen LogP contribution in [-0.2, 0) is 23.0 Å². The molecule has 2 heterocycles. The maximum absolute atomic E-state index is 12.3. The highest BCUT2D eigenvalue weighted by Gasteiger charge is 2.31. The Morgan fingerprint density at radius 2 is 2.19 bits per heavy atom. The molecule has 1 aromatic heterocycles. The Labute approximate surface area is 121 Å². The smallest absolute Gasteiger partial charge is 0.339 e. The van der Waals surface area contributed by atoms with E-state index in [0.29, 0.717) is 17.8 Å². The maximum atomic E-state index is 12.3. The van der Waals surface area contributed by atoms with Crippen molar-refractivity contribution in [1.29, 1.82) is 0 Å². The van der Waals surface area contributed by atoms with E-state index in [1.54, 1.807) is 29.9 Å². The first-order valence-corrected chi connectivity index (χ1v) is 6.65. The molecule has 6 nitrogen and oxygen atoms in total. The van der Waals surface area contributed by atoms with Gasteiger partial charge >= 0.3 is 5.97 Å². The molecule has 6 heteroatoms. The minimum atomic E-state index is -0.817. The van der Waals surface area contributed by atoms with Crippen molar-refractivity contribution in [3.63, 3.8) is 0 Å². The Balaban J connectivity index is 1.78. The Bertz CT molecular complexity index is 721. The van der Waals surface area contributed by atoms with E-state index >= 15 is 0 Å². The summed E-state index contributed by atoms with van der Waals surface area (Å²) in [6.45, 7) is 1.84. The van der Waals surface area contributed by atoms with Crippen molar-refractivity contribution in [1.82, 2.24) is 9.78 Å². The largest absolute Gasteiger partial charge is 0.448 e. The monoisotopic (exact) mass is 285 g/mol. The first-order valence-electron chi connectivity index (χ1n) is 6.65. The van der Waals surface area contributed by atoms with Gasteiger partial charge in [0.05, 0.1) is 11.3 Å². The molecule has 1 aromatic carbocycles. The number of amides is 1. The van der Waals surface area contributed by atoms with Crippen LogP contribution >= 0.6 is 0 Å². The molecule has 2 aromatic rings. The van der Waals surface area contributed by atoms with E-state index in [-0.39, 0.29) is 5.91 Å². The molecule has 0 radical (unpaired) electrons. The van der Waals surface area contributed by atoms with Gasteiger partial charge in [-0.05, 0) is 18.6 Å². The molecule has 21 heavy (non-hydrogen) atoms. The standard InChI is InChI=1S/C15H15N3O3/c1-9-7-13(18(2)17-9)16-14(19)12-8-10-5-3-4-6-11(10)15(20)21-12/h3-7,12H,8H2,1-2H3,(H,16,19). The van der Waals surface area contributed by atoms with Gasteiger partial charge < -0.3 is 10.1 Å². The Morgan fingerprint density at radius 3 is 2.90 bits per heavy atom. The lowest BCUT2D eigenvalue weighted by Crippen LogP contribution is -2.38. The second-order valence-corrected chi connectivity index (χ2v) is 5.04. The van der Waals surface area contributed by atoms with E-state index in [4.69, 9.17) is 4.74 Å². The molecule has 3 rings (SSSR count). The number of cyclic esters (lactones) is 1. The Kier molecular flexibility index (Phi) is 3.21. The third kappa shape index (κ3) is 2.52. The van der Waals surface area contributed by atoms with Gasteiger partial charge in [0.25, 0.3) is 5.91 Å². The number of esters is 1. The van der Waals surface area contributed by atoms with Crippen LogP contribution in [0.4, 0.5) is 5.82 Å². The second-order valence-electron chi connectivity index (χ2n) is 5.04. The first-order chi connectivity index (χ1) is 10.0. The number of aromatic nitrogens is 2. The quantitative estimate of drug-likeness (QED) is 0.848. The van der Waals surface area contributed by atoms with Gasteiger partial charge in [0.2, 0.25) is 0 Å². The van der Waals surface area contributed by atoms with Crippen molar-refractivity contribution in [3.8, 4) is 0 Å². The van der Waals surface area contributed by atoms with Crippen molar-refractivity contribution in [2.75, 3.05) is 5.32 Å². The number of nitrogens with zero attached hydrogens (tertiary/aromatic N) is 2. The van der Waals surface area contributed by atoms with Crippen molar-refractivity contribution in [2.24, 2.45) is 7.05 Å².